The lowest BCUT2D eigenvalue weighted by atomic mass is 9.84. The number of hydrazine groups is 1. The SMILES string of the molecule is COCCN1CC2C(=O)NNC2C(C(=O)NC2CC2)C1. The molecule has 2 heterocycles. The van der Waals surface area contributed by atoms with Gasteiger partial charge < -0.3 is 10.1 Å². The van der Waals surface area contributed by atoms with Crippen LogP contribution in [0.15, 0.2) is 0 Å². The molecule has 3 N–H and O–H groups in total. The third-order valence-electron chi connectivity index (χ3n) is 4.35. The van der Waals surface area contributed by atoms with Gasteiger partial charge in [-0.3, -0.25) is 19.9 Å². The number of likely N-dealkylation sites (tertiary alicyclic amines) is 1. The van der Waals surface area contributed by atoms with E-state index in [0.717, 1.165) is 19.4 Å². The first kappa shape index (κ1) is 13.8. The Kier molecular flexibility index (Phi) is 3.91. The van der Waals surface area contributed by atoms with Crippen molar-refractivity contribution in [1.29, 1.82) is 0 Å². The highest BCUT2D eigenvalue weighted by atomic mass is 16.5. The second kappa shape index (κ2) is 5.67. The molecule has 7 nitrogen and oxygen atoms in total. The van der Waals surface area contributed by atoms with E-state index in [0.29, 0.717) is 25.7 Å². The summed E-state index contributed by atoms with van der Waals surface area (Å²) in [7, 11) is 1.66. The Morgan fingerprint density at radius 1 is 1.45 bits per heavy atom. The molecule has 0 aromatic rings. The summed E-state index contributed by atoms with van der Waals surface area (Å²) in [5.74, 6) is -0.296. The smallest absolute Gasteiger partial charge is 0.240 e. The maximum Gasteiger partial charge on any atom is 0.240 e. The number of hydrogen-bond donors (Lipinski definition) is 3. The molecule has 2 saturated heterocycles. The van der Waals surface area contributed by atoms with Crippen molar-refractivity contribution in [2.75, 3.05) is 33.4 Å². The fraction of sp³-hybridized carbons (Fsp3) is 0.846. The Hall–Kier alpha value is -1.18. The maximum atomic E-state index is 12.4. The lowest BCUT2D eigenvalue weighted by Crippen LogP contribution is -2.57. The number of nitrogens with one attached hydrogen (secondary N) is 3. The summed E-state index contributed by atoms with van der Waals surface area (Å²) in [6.07, 6.45) is 2.15. The zero-order valence-corrected chi connectivity index (χ0v) is 11.7. The number of nitrogens with zero attached hydrogens (tertiary/aromatic N) is 1. The molecule has 7 heteroatoms. The molecule has 2 amide bonds. The first-order chi connectivity index (χ1) is 9.69. The normalized spacial score (nSPS) is 33.6. The van der Waals surface area contributed by atoms with E-state index in [1.54, 1.807) is 7.11 Å². The standard InChI is InChI=1S/C13H22N4O3/c1-20-5-4-17-6-9(12(18)14-8-2-3-8)11-10(7-17)13(19)16-15-11/h8-11,15H,2-7H2,1H3,(H,14,18)(H,16,19). The van der Waals surface area contributed by atoms with Crippen LogP contribution in [-0.4, -0.2) is 62.1 Å². The molecule has 0 spiro atoms. The number of fused-ring (bicyclic) bond motifs is 1. The number of amides is 2. The van der Waals surface area contributed by atoms with E-state index in [9.17, 15) is 9.59 Å². The molecule has 3 rings (SSSR count). The fourth-order valence-corrected chi connectivity index (χ4v) is 3.02. The largest absolute Gasteiger partial charge is 0.383 e. The van der Waals surface area contributed by atoms with Crippen LogP contribution in [0.5, 0.6) is 0 Å². The van der Waals surface area contributed by atoms with Crippen LogP contribution in [0, 0.1) is 11.8 Å². The molecule has 3 atom stereocenters. The summed E-state index contributed by atoms with van der Waals surface area (Å²) in [6, 6.07) is 0.250. The molecule has 0 aromatic carbocycles. The van der Waals surface area contributed by atoms with E-state index in [4.69, 9.17) is 4.74 Å². The molecule has 2 aliphatic heterocycles. The predicted molar refractivity (Wildman–Crippen MR) is 71.5 cm³/mol. The number of carbonyl (C=O) groups excluding carboxylic acids is 2. The Bertz CT molecular complexity index is 399. The van der Waals surface area contributed by atoms with Gasteiger partial charge in [-0.05, 0) is 12.8 Å². The lowest BCUT2D eigenvalue weighted by Gasteiger charge is -2.38. The van der Waals surface area contributed by atoms with E-state index < -0.39 is 0 Å². The van der Waals surface area contributed by atoms with Crippen molar-refractivity contribution in [2.24, 2.45) is 11.8 Å². The van der Waals surface area contributed by atoms with Gasteiger partial charge in [0.25, 0.3) is 0 Å². The van der Waals surface area contributed by atoms with Gasteiger partial charge in [0.1, 0.15) is 0 Å². The van der Waals surface area contributed by atoms with Crippen LogP contribution in [0.2, 0.25) is 0 Å². The number of carbonyl (C=O) groups is 2. The van der Waals surface area contributed by atoms with Gasteiger partial charge in [-0.1, -0.05) is 0 Å². The van der Waals surface area contributed by atoms with Gasteiger partial charge in [-0.15, -0.1) is 0 Å². The number of hydrogen-bond acceptors (Lipinski definition) is 5. The van der Waals surface area contributed by atoms with Crippen molar-refractivity contribution < 1.29 is 14.3 Å². The van der Waals surface area contributed by atoms with Crippen LogP contribution in [0.3, 0.4) is 0 Å². The molecule has 3 fully saturated rings. The summed E-state index contributed by atoms with van der Waals surface area (Å²) in [4.78, 5) is 26.4. The van der Waals surface area contributed by atoms with Crippen molar-refractivity contribution in [3.05, 3.63) is 0 Å². The van der Waals surface area contributed by atoms with Crippen molar-refractivity contribution in [1.82, 2.24) is 21.1 Å². The van der Waals surface area contributed by atoms with E-state index in [2.05, 4.69) is 21.1 Å². The van der Waals surface area contributed by atoms with Crippen molar-refractivity contribution in [3.63, 3.8) is 0 Å². The monoisotopic (exact) mass is 282 g/mol. The number of rotatable bonds is 5. The summed E-state index contributed by atoms with van der Waals surface area (Å²) in [5.41, 5.74) is 5.66. The maximum absolute atomic E-state index is 12.4. The predicted octanol–water partition coefficient (Wildman–Crippen LogP) is -1.54. The minimum absolute atomic E-state index is 0.0126. The van der Waals surface area contributed by atoms with Crippen LogP contribution >= 0.6 is 0 Å². The van der Waals surface area contributed by atoms with Crippen LogP contribution in [-0.2, 0) is 14.3 Å². The molecule has 1 aliphatic carbocycles. The zero-order valence-electron chi connectivity index (χ0n) is 11.7. The molecule has 1 saturated carbocycles. The molecule has 0 bridgehead atoms. The van der Waals surface area contributed by atoms with Gasteiger partial charge in [0.15, 0.2) is 0 Å². The first-order valence-corrected chi connectivity index (χ1v) is 7.26. The topological polar surface area (TPSA) is 82.7 Å². The minimum Gasteiger partial charge on any atom is -0.383 e. The Labute approximate surface area is 118 Å². The van der Waals surface area contributed by atoms with E-state index in [-0.39, 0.29) is 29.7 Å². The average Bonchev–Trinajstić information content (AvgIpc) is 3.18. The van der Waals surface area contributed by atoms with Crippen LogP contribution in [0.1, 0.15) is 12.8 Å². The number of ether oxygens (including phenoxy) is 1. The molecule has 3 unspecified atom stereocenters. The van der Waals surface area contributed by atoms with Crippen LogP contribution < -0.4 is 16.2 Å². The van der Waals surface area contributed by atoms with Gasteiger partial charge in [0.05, 0.1) is 24.5 Å². The molecule has 112 valence electrons. The van der Waals surface area contributed by atoms with Crippen molar-refractivity contribution in [3.8, 4) is 0 Å². The van der Waals surface area contributed by atoms with Crippen molar-refractivity contribution in [2.45, 2.75) is 24.9 Å². The molecule has 0 aromatic heterocycles. The van der Waals surface area contributed by atoms with Crippen molar-refractivity contribution >= 4 is 11.8 Å². The van der Waals surface area contributed by atoms with Crippen LogP contribution in [0.25, 0.3) is 0 Å². The number of piperidine rings is 1. The van der Waals surface area contributed by atoms with E-state index >= 15 is 0 Å². The number of methoxy groups -OCH3 is 1. The molecule has 20 heavy (non-hydrogen) atoms. The highest BCUT2D eigenvalue weighted by Gasteiger charge is 2.47. The second-order valence-corrected chi connectivity index (χ2v) is 5.91. The Morgan fingerprint density at radius 3 is 2.95 bits per heavy atom. The van der Waals surface area contributed by atoms with E-state index in [1.165, 1.54) is 0 Å². The minimum atomic E-state index is -0.190. The van der Waals surface area contributed by atoms with Gasteiger partial charge in [-0.2, -0.15) is 0 Å². The van der Waals surface area contributed by atoms with Gasteiger partial charge >= 0.3 is 0 Å². The second-order valence-electron chi connectivity index (χ2n) is 5.91. The average molecular weight is 282 g/mol. The highest BCUT2D eigenvalue weighted by Crippen LogP contribution is 2.27. The van der Waals surface area contributed by atoms with Gasteiger partial charge in [0, 0.05) is 32.8 Å². The third kappa shape index (κ3) is 2.79. The lowest BCUT2D eigenvalue weighted by molar-refractivity contribution is -0.130. The Balaban J connectivity index is 1.68. The Morgan fingerprint density at radius 2 is 2.25 bits per heavy atom. The quantitative estimate of drug-likeness (QED) is 0.569. The molecular formula is C13H22N4O3. The fourth-order valence-electron chi connectivity index (χ4n) is 3.02. The highest BCUT2D eigenvalue weighted by molar-refractivity contribution is 5.86. The van der Waals surface area contributed by atoms with Gasteiger partial charge in [0.2, 0.25) is 11.8 Å². The molecular weight excluding hydrogens is 260 g/mol. The van der Waals surface area contributed by atoms with Crippen LogP contribution in [0.4, 0.5) is 0 Å². The van der Waals surface area contributed by atoms with Gasteiger partial charge in [-0.25, -0.2) is 5.43 Å². The molecule has 3 aliphatic rings. The van der Waals surface area contributed by atoms with E-state index in [1.807, 2.05) is 0 Å². The summed E-state index contributed by atoms with van der Waals surface area (Å²) in [6.45, 7) is 2.72. The summed E-state index contributed by atoms with van der Waals surface area (Å²) < 4.78 is 5.09. The molecule has 0 radical (unpaired) electrons. The zero-order chi connectivity index (χ0) is 14.1. The first-order valence-electron chi connectivity index (χ1n) is 7.26. The third-order valence-corrected chi connectivity index (χ3v) is 4.35. The summed E-state index contributed by atoms with van der Waals surface area (Å²) in [5, 5.41) is 3.05. The summed E-state index contributed by atoms with van der Waals surface area (Å²) >= 11 is 0.